The van der Waals surface area contributed by atoms with E-state index in [1.165, 1.54) is 7.05 Å². The Labute approximate surface area is 184 Å². The second-order valence-electron chi connectivity index (χ2n) is 8.69. The number of imidazole rings is 1. The van der Waals surface area contributed by atoms with Gasteiger partial charge in [-0.15, -0.1) is 0 Å². The molecule has 1 saturated carbocycles. The van der Waals surface area contributed by atoms with Crippen molar-refractivity contribution >= 4 is 27.9 Å². The molecule has 4 unspecified atom stereocenters. The summed E-state index contributed by atoms with van der Waals surface area (Å²) < 4.78 is 1.01. The zero-order valence-corrected chi connectivity index (χ0v) is 19.0. The lowest BCUT2D eigenvalue weighted by molar-refractivity contribution is -0.142. The van der Waals surface area contributed by atoms with Gasteiger partial charge in [0, 0.05) is 17.6 Å². The molecule has 1 aliphatic heterocycles. The number of hydrogen-bond donors (Lipinski definition) is 2. The van der Waals surface area contributed by atoms with Crippen LogP contribution in [0.15, 0.2) is 34.9 Å². The van der Waals surface area contributed by atoms with Crippen LogP contribution >= 0.6 is 15.9 Å². The number of amides is 2. The first-order valence-corrected chi connectivity index (χ1v) is 11.2. The Bertz CT molecular complexity index is 942. The molecule has 2 aliphatic rings. The predicted octanol–water partition coefficient (Wildman–Crippen LogP) is 4.53. The fraction of sp³-hybridized carbons (Fsp3) is 0.500. The molecule has 2 aromatic rings. The maximum Gasteiger partial charge on any atom is 0.407 e. The summed E-state index contributed by atoms with van der Waals surface area (Å²) in [6, 6.07) is 7.31. The summed E-state index contributed by atoms with van der Waals surface area (Å²) in [4.78, 5) is 36.3. The Morgan fingerprint density at radius 3 is 2.60 bits per heavy atom. The molecule has 1 saturated heterocycles. The van der Waals surface area contributed by atoms with Gasteiger partial charge in [-0.25, -0.2) is 9.78 Å². The molecule has 2 N–H and O–H groups in total. The van der Waals surface area contributed by atoms with Crippen LogP contribution in [0.5, 0.6) is 0 Å². The van der Waals surface area contributed by atoms with E-state index in [4.69, 9.17) is 0 Å². The van der Waals surface area contributed by atoms with E-state index in [0.717, 1.165) is 45.7 Å². The van der Waals surface area contributed by atoms with Crippen molar-refractivity contribution in [2.24, 2.45) is 11.8 Å². The highest BCUT2D eigenvalue weighted by atomic mass is 79.9. The van der Waals surface area contributed by atoms with Gasteiger partial charge in [0.2, 0.25) is 5.91 Å². The van der Waals surface area contributed by atoms with E-state index in [1.807, 2.05) is 49.2 Å². The number of carboxylic acid groups (broad SMARTS) is 1. The average Bonchev–Trinajstić information content (AvgIpc) is 3.43. The van der Waals surface area contributed by atoms with Crippen LogP contribution in [0, 0.1) is 11.8 Å². The highest BCUT2D eigenvalue weighted by Crippen LogP contribution is 2.50. The fourth-order valence-electron chi connectivity index (χ4n) is 5.09. The molecule has 1 aromatic carbocycles. The lowest BCUT2D eigenvalue weighted by Crippen LogP contribution is -2.54. The van der Waals surface area contributed by atoms with Crippen LogP contribution in [0.1, 0.15) is 45.0 Å². The quantitative estimate of drug-likeness (QED) is 0.665. The van der Waals surface area contributed by atoms with Gasteiger partial charge in [0.25, 0.3) is 0 Å². The van der Waals surface area contributed by atoms with Crippen LogP contribution in [0.25, 0.3) is 11.3 Å². The summed E-state index contributed by atoms with van der Waals surface area (Å²) in [6.07, 6.45) is 3.71. The van der Waals surface area contributed by atoms with Crippen molar-refractivity contribution in [2.45, 2.75) is 51.2 Å². The normalized spacial score (nSPS) is 23.8. The number of hydrogen-bond acceptors (Lipinski definition) is 3. The molecule has 4 atom stereocenters. The topological polar surface area (TPSA) is 89.5 Å². The number of likely N-dealkylation sites (N-methyl/N-ethyl adjacent to an activating group) is 1. The number of aromatic nitrogens is 2. The number of halogens is 1. The number of nitrogens with one attached hydrogen (secondary N) is 1. The number of carbonyl (C=O) groups is 2. The standard InChI is InChI=1S/C22H27BrN4O3/c1-12(2)18(26(3)22(29)30)21(28)27-16-9-6-14(10-16)19(27)20-24-11-17(25-20)13-4-7-15(23)8-5-13/h4-5,7-8,11-12,14,16,18-19H,6,9-10H2,1-3H3,(H,24,25)(H,29,30). The molecule has 1 aliphatic carbocycles. The second-order valence-corrected chi connectivity index (χ2v) is 9.60. The minimum atomic E-state index is -1.08. The number of H-pyrrole nitrogens is 1. The molecule has 2 heterocycles. The minimum absolute atomic E-state index is 0.117. The van der Waals surface area contributed by atoms with E-state index in [2.05, 4.69) is 25.9 Å². The Hall–Kier alpha value is -2.35. The van der Waals surface area contributed by atoms with Crippen molar-refractivity contribution in [1.82, 2.24) is 19.8 Å². The van der Waals surface area contributed by atoms with Crippen LogP contribution in [0.4, 0.5) is 4.79 Å². The molecule has 30 heavy (non-hydrogen) atoms. The second kappa shape index (κ2) is 8.06. The predicted molar refractivity (Wildman–Crippen MR) is 117 cm³/mol. The van der Waals surface area contributed by atoms with E-state index in [0.29, 0.717) is 5.92 Å². The first-order valence-electron chi connectivity index (χ1n) is 10.4. The summed E-state index contributed by atoms with van der Waals surface area (Å²) >= 11 is 3.45. The molecule has 160 valence electrons. The van der Waals surface area contributed by atoms with E-state index >= 15 is 0 Å². The molecule has 7 nitrogen and oxygen atoms in total. The lowest BCUT2D eigenvalue weighted by atomic mass is 9.95. The molecule has 4 rings (SSSR count). The summed E-state index contributed by atoms with van der Waals surface area (Å²) in [5.74, 6) is 0.904. The third-order valence-corrected chi connectivity index (χ3v) is 7.00. The molecular formula is C22H27BrN4O3. The highest BCUT2D eigenvalue weighted by Gasteiger charge is 2.52. The average molecular weight is 475 g/mol. The smallest absolute Gasteiger partial charge is 0.407 e. The third-order valence-electron chi connectivity index (χ3n) is 6.47. The number of piperidine rings is 1. The van der Waals surface area contributed by atoms with Crippen molar-refractivity contribution < 1.29 is 14.7 Å². The number of rotatable bonds is 5. The Morgan fingerprint density at radius 1 is 1.27 bits per heavy atom. The van der Waals surface area contributed by atoms with Gasteiger partial charge in [0.15, 0.2) is 0 Å². The van der Waals surface area contributed by atoms with E-state index in [-0.39, 0.29) is 23.9 Å². The highest BCUT2D eigenvalue weighted by molar-refractivity contribution is 9.10. The lowest BCUT2D eigenvalue weighted by Gasteiger charge is -2.39. The number of benzene rings is 1. The van der Waals surface area contributed by atoms with Gasteiger partial charge in [-0.3, -0.25) is 9.69 Å². The van der Waals surface area contributed by atoms with Crippen LogP contribution < -0.4 is 0 Å². The van der Waals surface area contributed by atoms with Crippen molar-refractivity contribution in [3.05, 3.63) is 40.8 Å². The molecule has 1 aromatic heterocycles. The van der Waals surface area contributed by atoms with Crippen LogP contribution in [-0.2, 0) is 4.79 Å². The maximum absolute atomic E-state index is 13.6. The van der Waals surface area contributed by atoms with Crippen molar-refractivity contribution in [2.75, 3.05) is 7.05 Å². The van der Waals surface area contributed by atoms with Gasteiger partial charge in [-0.1, -0.05) is 41.9 Å². The number of aromatic amines is 1. The maximum atomic E-state index is 13.6. The van der Waals surface area contributed by atoms with Gasteiger partial charge < -0.3 is 15.0 Å². The van der Waals surface area contributed by atoms with Gasteiger partial charge in [-0.2, -0.15) is 0 Å². The monoisotopic (exact) mass is 474 g/mol. The third kappa shape index (κ3) is 3.62. The summed E-state index contributed by atoms with van der Waals surface area (Å²) in [7, 11) is 1.48. The SMILES string of the molecule is CC(C)C(C(=O)N1C2CCC(C2)C1c1ncc(-c2ccc(Br)cc2)[nH]1)N(C)C(=O)O. The van der Waals surface area contributed by atoms with Gasteiger partial charge in [0.1, 0.15) is 11.9 Å². The van der Waals surface area contributed by atoms with E-state index in [9.17, 15) is 14.7 Å². The minimum Gasteiger partial charge on any atom is -0.465 e. The van der Waals surface area contributed by atoms with Crippen LogP contribution in [0.2, 0.25) is 0 Å². The number of likely N-dealkylation sites (tertiary alicyclic amines) is 1. The van der Waals surface area contributed by atoms with Gasteiger partial charge in [-0.05, 0) is 48.8 Å². The molecule has 2 bridgehead atoms. The Kier molecular flexibility index (Phi) is 5.61. The largest absolute Gasteiger partial charge is 0.465 e. The van der Waals surface area contributed by atoms with Crippen LogP contribution in [-0.4, -0.2) is 56.0 Å². The molecule has 0 spiro atoms. The zero-order valence-electron chi connectivity index (χ0n) is 17.4. The summed E-state index contributed by atoms with van der Waals surface area (Å²) in [5.41, 5.74) is 1.94. The number of fused-ring (bicyclic) bond motifs is 2. The van der Waals surface area contributed by atoms with Crippen molar-refractivity contribution in [1.29, 1.82) is 0 Å². The number of carbonyl (C=O) groups excluding carboxylic acids is 1. The van der Waals surface area contributed by atoms with Crippen LogP contribution in [0.3, 0.4) is 0 Å². The molecule has 2 amide bonds. The molecule has 0 radical (unpaired) electrons. The molecule has 8 heteroatoms. The van der Waals surface area contributed by atoms with Gasteiger partial charge >= 0.3 is 6.09 Å². The first kappa shape index (κ1) is 20.9. The molecular weight excluding hydrogens is 448 g/mol. The summed E-state index contributed by atoms with van der Waals surface area (Å²) in [5, 5.41) is 9.49. The van der Waals surface area contributed by atoms with Gasteiger partial charge in [0.05, 0.1) is 17.9 Å². The number of nitrogens with zero attached hydrogens (tertiary/aromatic N) is 3. The first-order chi connectivity index (χ1) is 14.3. The van der Waals surface area contributed by atoms with E-state index in [1.54, 1.807) is 0 Å². The fourth-order valence-corrected chi connectivity index (χ4v) is 5.35. The molecule has 2 fully saturated rings. The Morgan fingerprint density at radius 2 is 1.97 bits per heavy atom. The zero-order chi connectivity index (χ0) is 21.6. The summed E-state index contributed by atoms with van der Waals surface area (Å²) in [6.45, 7) is 3.79. The van der Waals surface area contributed by atoms with Crippen molar-refractivity contribution in [3.63, 3.8) is 0 Å². The van der Waals surface area contributed by atoms with E-state index < -0.39 is 12.1 Å². The Balaban J connectivity index is 1.65. The van der Waals surface area contributed by atoms with Crippen molar-refractivity contribution in [3.8, 4) is 11.3 Å².